The minimum Gasteiger partial charge on any atom is -0.445 e. The number of benzene rings is 2. The van der Waals surface area contributed by atoms with Gasteiger partial charge in [0.05, 0.1) is 6.61 Å². The third-order valence-electron chi connectivity index (χ3n) is 5.17. The molecular weight excluding hydrogens is 390 g/mol. The first kappa shape index (κ1) is 20.8. The van der Waals surface area contributed by atoms with Crippen LogP contribution in [0.15, 0.2) is 60.7 Å². The van der Waals surface area contributed by atoms with Crippen LogP contribution in [0, 0.1) is 0 Å². The highest BCUT2D eigenvalue weighted by Gasteiger charge is 2.50. The highest BCUT2D eigenvalue weighted by molar-refractivity contribution is 5.67. The fraction of sp³-hybridized carbons (Fsp3) is 0.409. The van der Waals surface area contributed by atoms with E-state index in [9.17, 15) is 9.90 Å². The number of amides is 1. The van der Waals surface area contributed by atoms with Crippen LogP contribution in [0.1, 0.15) is 17.4 Å². The van der Waals surface area contributed by atoms with Crippen molar-refractivity contribution in [2.45, 2.75) is 43.5 Å². The SMILES string of the molecule is CO[C@H]1O[C@@H]2COC(c3ccccc3)O[C@H]2[C@H](O)[C@H]1NC(=O)OCc1ccccc1. The monoisotopic (exact) mass is 415 g/mol. The average molecular weight is 415 g/mol. The van der Waals surface area contributed by atoms with E-state index in [4.69, 9.17) is 23.7 Å². The Morgan fingerprint density at radius 3 is 2.50 bits per heavy atom. The van der Waals surface area contributed by atoms with Crippen LogP contribution in [0.5, 0.6) is 0 Å². The molecule has 0 saturated carbocycles. The Balaban J connectivity index is 1.40. The molecule has 0 bridgehead atoms. The zero-order chi connectivity index (χ0) is 20.9. The van der Waals surface area contributed by atoms with Crippen LogP contribution in [0.2, 0.25) is 0 Å². The predicted molar refractivity (Wildman–Crippen MR) is 105 cm³/mol. The van der Waals surface area contributed by atoms with Gasteiger partial charge < -0.3 is 34.1 Å². The Kier molecular flexibility index (Phi) is 6.61. The van der Waals surface area contributed by atoms with Crippen molar-refractivity contribution in [3.05, 3.63) is 71.8 Å². The maximum Gasteiger partial charge on any atom is 0.407 e. The number of nitrogens with one attached hydrogen (secondary N) is 1. The van der Waals surface area contributed by atoms with Gasteiger partial charge in [-0.3, -0.25) is 0 Å². The first-order chi connectivity index (χ1) is 14.7. The van der Waals surface area contributed by atoms with Crippen LogP contribution < -0.4 is 5.32 Å². The van der Waals surface area contributed by atoms with E-state index in [0.717, 1.165) is 11.1 Å². The maximum atomic E-state index is 12.3. The van der Waals surface area contributed by atoms with E-state index in [1.165, 1.54) is 7.11 Å². The van der Waals surface area contributed by atoms with E-state index in [1.807, 2.05) is 60.7 Å². The summed E-state index contributed by atoms with van der Waals surface area (Å²) in [6.07, 6.45) is -4.48. The summed E-state index contributed by atoms with van der Waals surface area (Å²) in [6, 6.07) is 17.9. The van der Waals surface area contributed by atoms with Gasteiger partial charge in [-0.1, -0.05) is 60.7 Å². The fourth-order valence-electron chi connectivity index (χ4n) is 3.63. The van der Waals surface area contributed by atoms with Crippen molar-refractivity contribution in [3.63, 3.8) is 0 Å². The van der Waals surface area contributed by atoms with Crippen molar-refractivity contribution >= 4 is 6.09 Å². The summed E-state index contributed by atoms with van der Waals surface area (Å²) in [5, 5.41) is 13.6. The molecule has 1 amide bonds. The number of fused-ring (bicyclic) bond motifs is 1. The molecule has 0 aliphatic carbocycles. The number of rotatable bonds is 5. The van der Waals surface area contributed by atoms with Gasteiger partial charge in [0, 0.05) is 12.7 Å². The minimum atomic E-state index is -1.08. The molecule has 30 heavy (non-hydrogen) atoms. The van der Waals surface area contributed by atoms with E-state index in [1.54, 1.807) is 0 Å². The van der Waals surface area contributed by atoms with Gasteiger partial charge in [0.2, 0.25) is 0 Å². The van der Waals surface area contributed by atoms with E-state index in [2.05, 4.69) is 5.32 Å². The summed E-state index contributed by atoms with van der Waals surface area (Å²) in [5.41, 5.74) is 1.69. The zero-order valence-electron chi connectivity index (χ0n) is 16.5. The second kappa shape index (κ2) is 9.55. The molecule has 8 heteroatoms. The van der Waals surface area contributed by atoms with Crippen molar-refractivity contribution in [2.75, 3.05) is 13.7 Å². The van der Waals surface area contributed by atoms with E-state index in [-0.39, 0.29) is 13.2 Å². The molecule has 2 aromatic rings. The molecule has 0 spiro atoms. The molecule has 6 atom stereocenters. The third kappa shape index (κ3) is 4.63. The zero-order valence-corrected chi connectivity index (χ0v) is 16.5. The Morgan fingerprint density at radius 2 is 1.80 bits per heavy atom. The highest BCUT2D eigenvalue weighted by Crippen LogP contribution is 2.34. The van der Waals surface area contributed by atoms with E-state index < -0.39 is 43.0 Å². The third-order valence-corrected chi connectivity index (χ3v) is 5.17. The number of hydrogen-bond donors (Lipinski definition) is 2. The van der Waals surface area contributed by atoms with E-state index in [0.29, 0.717) is 0 Å². The average Bonchev–Trinajstić information content (AvgIpc) is 2.80. The lowest BCUT2D eigenvalue weighted by atomic mass is 9.96. The molecule has 2 saturated heterocycles. The smallest absolute Gasteiger partial charge is 0.407 e. The number of hydrogen-bond acceptors (Lipinski definition) is 7. The van der Waals surface area contributed by atoms with Gasteiger partial charge in [-0.05, 0) is 5.56 Å². The number of methoxy groups -OCH3 is 1. The number of alkyl carbamates (subject to hydrolysis) is 1. The van der Waals surface area contributed by atoms with Crippen molar-refractivity contribution in [2.24, 2.45) is 0 Å². The molecule has 0 radical (unpaired) electrons. The maximum absolute atomic E-state index is 12.3. The van der Waals surface area contributed by atoms with Gasteiger partial charge in [0.25, 0.3) is 0 Å². The summed E-state index contributed by atoms with van der Waals surface area (Å²) >= 11 is 0. The lowest BCUT2D eigenvalue weighted by Crippen LogP contribution is -2.66. The molecular formula is C22H25NO7. The number of carbonyl (C=O) groups excluding carboxylic acids is 1. The van der Waals surface area contributed by atoms with Gasteiger partial charge in [0.1, 0.15) is 31.0 Å². The van der Waals surface area contributed by atoms with Crippen molar-refractivity contribution in [3.8, 4) is 0 Å². The molecule has 4 rings (SSSR count). The Bertz CT molecular complexity index is 819. The Labute approximate surface area is 174 Å². The first-order valence-electron chi connectivity index (χ1n) is 9.81. The van der Waals surface area contributed by atoms with Crippen LogP contribution in [-0.4, -0.2) is 55.6 Å². The van der Waals surface area contributed by atoms with Crippen LogP contribution in [0.3, 0.4) is 0 Å². The Hall–Kier alpha value is -2.49. The largest absolute Gasteiger partial charge is 0.445 e. The molecule has 8 nitrogen and oxygen atoms in total. The van der Waals surface area contributed by atoms with Crippen LogP contribution in [0.25, 0.3) is 0 Å². The second-order valence-corrected chi connectivity index (χ2v) is 7.18. The molecule has 0 aromatic heterocycles. The van der Waals surface area contributed by atoms with Gasteiger partial charge in [-0.2, -0.15) is 0 Å². The van der Waals surface area contributed by atoms with Gasteiger partial charge in [0.15, 0.2) is 12.6 Å². The van der Waals surface area contributed by atoms with E-state index >= 15 is 0 Å². The first-order valence-corrected chi connectivity index (χ1v) is 9.81. The number of ether oxygens (including phenoxy) is 5. The summed E-state index contributed by atoms with van der Waals surface area (Å²) in [6.45, 7) is 0.340. The summed E-state index contributed by atoms with van der Waals surface area (Å²) < 4.78 is 28.2. The van der Waals surface area contributed by atoms with Crippen LogP contribution >= 0.6 is 0 Å². The number of aliphatic hydroxyl groups excluding tert-OH is 1. The van der Waals surface area contributed by atoms with Crippen molar-refractivity contribution < 1.29 is 33.6 Å². The van der Waals surface area contributed by atoms with Gasteiger partial charge in [-0.25, -0.2) is 4.79 Å². The van der Waals surface area contributed by atoms with Crippen LogP contribution in [-0.2, 0) is 30.3 Å². The van der Waals surface area contributed by atoms with Crippen molar-refractivity contribution in [1.82, 2.24) is 5.32 Å². The molecule has 2 aromatic carbocycles. The molecule has 2 aliphatic heterocycles. The topological polar surface area (TPSA) is 95.5 Å². The summed E-state index contributed by atoms with van der Waals surface area (Å²) in [5.74, 6) is 0. The lowest BCUT2D eigenvalue weighted by molar-refractivity contribution is -0.341. The highest BCUT2D eigenvalue weighted by atomic mass is 16.7. The quantitative estimate of drug-likeness (QED) is 0.772. The normalized spacial score (nSPS) is 30.9. The molecule has 2 N–H and O–H groups in total. The van der Waals surface area contributed by atoms with Gasteiger partial charge in [-0.15, -0.1) is 0 Å². The van der Waals surface area contributed by atoms with Gasteiger partial charge >= 0.3 is 6.09 Å². The lowest BCUT2D eigenvalue weighted by Gasteiger charge is -2.47. The molecule has 2 heterocycles. The fourth-order valence-corrected chi connectivity index (χ4v) is 3.63. The summed E-state index contributed by atoms with van der Waals surface area (Å²) in [7, 11) is 1.44. The second-order valence-electron chi connectivity index (χ2n) is 7.18. The number of aliphatic hydroxyl groups is 1. The molecule has 2 fully saturated rings. The molecule has 160 valence electrons. The molecule has 1 unspecified atom stereocenters. The predicted octanol–water partition coefficient (Wildman–Crippen LogP) is 2.13. The van der Waals surface area contributed by atoms with Crippen LogP contribution in [0.4, 0.5) is 4.79 Å². The Morgan fingerprint density at radius 1 is 1.10 bits per heavy atom. The summed E-state index contributed by atoms with van der Waals surface area (Å²) in [4.78, 5) is 12.3. The van der Waals surface area contributed by atoms with Crippen molar-refractivity contribution in [1.29, 1.82) is 0 Å². The molecule has 2 aliphatic rings. The minimum absolute atomic E-state index is 0.112. The standard InChI is InChI=1S/C22H25NO7/c1-26-21-17(23-22(25)28-12-14-8-4-2-5-9-14)18(24)19-16(29-21)13-27-20(30-19)15-10-6-3-7-11-15/h2-11,16-21,24H,12-13H2,1H3,(H,23,25)/t16-,17-,18-,19-,20?,21+/m1/s1. The number of carbonyl (C=O) groups is 1.